The van der Waals surface area contributed by atoms with Gasteiger partial charge in [0.15, 0.2) is 23.3 Å². The number of likely N-dealkylation sites (N-methyl/N-ethyl adjacent to an activating group) is 1. The fourth-order valence-electron chi connectivity index (χ4n) is 2.50. The summed E-state index contributed by atoms with van der Waals surface area (Å²) in [5, 5.41) is 2.25. The number of amides is 1. The fraction of sp³-hybridized carbons (Fsp3) is 0.278. The molecule has 2 rings (SSSR count). The van der Waals surface area contributed by atoms with Gasteiger partial charge in [0.25, 0.3) is 0 Å². The van der Waals surface area contributed by atoms with Crippen molar-refractivity contribution in [3.05, 3.63) is 70.5 Å². The molecule has 0 heterocycles. The molecule has 140 valence electrons. The third-order valence-corrected chi connectivity index (χ3v) is 4.04. The van der Waals surface area contributed by atoms with Gasteiger partial charge in [0.05, 0.1) is 0 Å². The fourth-order valence-corrected chi connectivity index (χ4v) is 2.50. The number of carbonyl (C=O) groups excluding carboxylic acids is 1. The van der Waals surface area contributed by atoms with E-state index >= 15 is 0 Å². The molecule has 0 bridgehead atoms. The van der Waals surface area contributed by atoms with Gasteiger partial charge in [-0.3, -0.25) is 9.69 Å². The largest absolute Gasteiger partial charge is 0.350 e. The highest BCUT2D eigenvalue weighted by molar-refractivity contribution is 5.83. The van der Waals surface area contributed by atoms with Gasteiger partial charge in [-0.1, -0.05) is 37.3 Å². The van der Waals surface area contributed by atoms with Crippen molar-refractivity contribution in [1.29, 1.82) is 0 Å². The Labute approximate surface area is 147 Å². The van der Waals surface area contributed by atoms with Crippen LogP contribution in [0.1, 0.15) is 24.1 Å². The van der Waals surface area contributed by atoms with Crippen molar-refractivity contribution in [3.63, 3.8) is 0 Å². The van der Waals surface area contributed by atoms with Crippen molar-refractivity contribution in [2.75, 3.05) is 13.6 Å². The molecule has 0 aliphatic heterocycles. The molecule has 8 heteroatoms. The number of nitrogens with one attached hydrogen (secondary N) is 1. The first-order valence-electron chi connectivity index (χ1n) is 7.82. The van der Waals surface area contributed by atoms with E-state index in [1.807, 2.05) is 6.92 Å². The molecule has 0 aliphatic carbocycles. The molecule has 1 atom stereocenters. The third-order valence-electron chi connectivity index (χ3n) is 4.04. The van der Waals surface area contributed by atoms with Crippen LogP contribution < -0.4 is 5.32 Å². The number of nitrogens with zero attached hydrogens (tertiary/aromatic N) is 1. The van der Waals surface area contributed by atoms with Crippen LogP contribution in [-0.4, -0.2) is 24.4 Å². The van der Waals surface area contributed by atoms with Crippen LogP contribution in [0.4, 0.5) is 22.0 Å². The summed E-state index contributed by atoms with van der Waals surface area (Å²) in [6, 6.07) is 7.84. The van der Waals surface area contributed by atoms with Crippen LogP contribution in [0.5, 0.6) is 0 Å². The molecule has 0 aromatic heterocycles. The molecular weight excluding hydrogens is 355 g/mol. The summed E-state index contributed by atoms with van der Waals surface area (Å²) >= 11 is 0. The smallest absolute Gasteiger partial charge is 0.242 e. The second kappa shape index (κ2) is 8.27. The number of hydrogen-bond donors (Lipinski definition) is 1. The van der Waals surface area contributed by atoms with E-state index in [2.05, 4.69) is 5.32 Å². The Morgan fingerprint density at radius 3 is 1.96 bits per heavy atom. The molecule has 26 heavy (non-hydrogen) atoms. The zero-order chi connectivity index (χ0) is 19.4. The van der Waals surface area contributed by atoms with Gasteiger partial charge < -0.3 is 5.32 Å². The summed E-state index contributed by atoms with van der Waals surface area (Å²) in [6.07, 6.45) is 0. The molecule has 1 unspecified atom stereocenters. The van der Waals surface area contributed by atoms with Gasteiger partial charge in [0.1, 0.15) is 6.04 Å². The highest BCUT2D eigenvalue weighted by atomic mass is 19.2. The lowest BCUT2D eigenvalue weighted by Gasteiger charge is -2.26. The van der Waals surface area contributed by atoms with E-state index in [4.69, 9.17) is 0 Å². The van der Waals surface area contributed by atoms with Gasteiger partial charge in [-0.2, -0.15) is 0 Å². The SMILES string of the molecule is CCN(C)C(C(=O)NCc1c(F)c(F)c(F)c(F)c1F)c1ccccc1. The Hall–Kier alpha value is -2.48. The lowest BCUT2D eigenvalue weighted by molar-refractivity contribution is -0.126. The van der Waals surface area contributed by atoms with E-state index in [1.54, 1.807) is 42.3 Å². The van der Waals surface area contributed by atoms with E-state index in [1.165, 1.54) is 0 Å². The average Bonchev–Trinajstić information content (AvgIpc) is 2.65. The van der Waals surface area contributed by atoms with Gasteiger partial charge in [0, 0.05) is 12.1 Å². The van der Waals surface area contributed by atoms with Gasteiger partial charge in [-0.15, -0.1) is 0 Å². The molecular formula is C18H17F5N2O. The van der Waals surface area contributed by atoms with Gasteiger partial charge in [0.2, 0.25) is 11.7 Å². The standard InChI is InChI=1S/C18H17F5N2O/c1-3-25(2)17(10-7-5-4-6-8-10)18(26)24-9-11-12(19)14(21)16(23)15(22)13(11)20/h4-8,17H,3,9H2,1-2H3,(H,24,26). The molecule has 0 radical (unpaired) electrons. The number of rotatable bonds is 6. The predicted molar refractivity (Wildman–Crippen MR) is 85.6 cm³/mol. The summed E-state index contributed by atoms with van der Waals surface area (Å²) in [4.78, 5) is 14.2. The second-order valence-electron chi connectivity index (χ2n) is 5.65. The minimum absolute atomic E-state index is 0.496. The topological polar surface area (TPSA) is 32.3 Å². The molecule has 0 spiro atoms. The van der Waals surface area contributed by atoms with Crippen molar-refractivity contribution < 1.29 is 26.7 Å². The lowest BCUT2D eigenvalue weighted by Crippen LogP contribution is -2.38. The van der Waals surface area contributed by atoms with E-state index < -0.39 is 53.1 Å². The quantitative estimate of drug-likeness (QED) is 0.477. The maximum absolute atomic E-state index is 13.7. The molecule has 0 saturated heterocycles. The van der Waals surface area contributed by atoms with Crippen molar-refractivity contribution in [1.82, 2.24) is 10.2 Å². The van der Waals surface area contributed by atoms with Crippen LogP contribution in [0.15, 0.2) is 30.3 Å². The average molecular weight is 372 g/mol. The monoisotopic (exact) mass is 372 g/mol. The Morgan fingerprint density at radius 2 is 1.46 bits per heavy atom. The maximum atomic E-state index is 13.7. The van der Waals surface area contributed by atoms with Crippen molar-refractivity contribution in [3.8, 4) is 0 Å². The first-order valence-corrected chi connectivity index (χ1v) is 7.82. The second-order valence-corrected chi connectivity index (χ2v) is 5.65. The molecule has 2 aromatic rings. The summed E-state index contributed by atoms with van der Waals surface area (Å²) in [7, 11) is 1.68. The van der Waals surface area contributed by atoms with Crippen molar-refractivity contribution in [2.24, 2.45) is 0 Å². The molecule has 0 aliphatic rings. The Morgan fingerprint density at radius 1 is 0.962 bits per heavy atom. The lowest BCUT2D eigenvalue weighted by atomic mass is 10.0. The Balaban J connectivity index is 2.27. The van der Waals surface area contributed by atoms with Gasteiger partial charge >= 0.3 is 0 Å². The van der Waals surface area contributed by atoms with E-state index in [-0.39, 0.29) is 0 Å². The van der Waals surface area contributed by atoms with Gasteiger partial charge in [-0.05, 0) is 19.2 Å². The van der Waals surface area contributed by atoms with E-state index in [0.717, 1.165) is 0 Å². The first kappa shape index (κ1) is 19.8. The van der Waals surface area contributed by atoms with Crippen LogP contribution in [0.25, 0.3) is 0 Å². The normalized spacial score (nSPS) is 12.3. The van der Waals surface area contributed by atoms with Crippen LogP contribution in [0.3, 0.4) is 0 Å². The first-order chi connectivity index (χ1) is 12.3. The number of benzene rings is 2. The number of halogens is 5. The molecule has 1 amide bonds. The summed E-state index contributed by atoms with van der Waals surface area (Å²) in [6.45, 7) is 1.48. The minimum Gasteiger partial charge on any atom is -0.350 e. The summed E-state index contributed by atoms with van der Waals surface area (Å²) < 4.78 is 67.0. The summed E-state index contributed by atoms with van der Waals surface area (Å²) in [5.74, 6) is -10.9. The third kappa shape index (κ3) is 3.85. The number of hydrogen-bond acceptors (Lipinski definition) is 2. The zero-order valence-corrected chi connectivity index (χ0v) is 14.1. The van der Waals surface area contributed by atoms with Crippen LogP contribution in [0, 0.1) is 29.1 Å². The Kier molecular flexibility index (Phi) is 6.31. The predicted octanol–water partition coefficient (Wildman–Crippen LogP) is 3.69. The van der Waals surface area contributed by atoms with Crippen molar-refractivity contribution >= 4 is 5.91 Å². The number of carbonyl (C=O) groups is 1. The highest BCUT2D eigenvalue weighted by Gasteiger charge is 2.28. The molecule has 3 nitrogen and oxygen atoms in total. The van der Waals surface area contributed by atoms with Gasteiger partial charge in [-0.25, -0.2) is 22.0 Å². The van der Waals surface area contributed by atoms with E-state index in [0.29, 0.717) is 12.1 Å². The molecule has 2 aromatic carbocycles. The maximum Gasteiger partial charge on any atom is 0.242 e. The van der Waals surface area contributed by atoms with E-state index in [9.17, 15) is 26.7 Å². The molecule has 0 saturated carbocycles. The van der Waals surface area contributed by atoms with Crippen LogP contribution in [-0.2, 0) is 11.3 Å². The Bertz CT molecular complexity index is 769. The van der Waals surface area contributed by atoms with Crippen LogP contribution >= 0.6 is 0 Å². The zero-order valence-electron chi connectivity index (χ0n) is 14.1. The highest BCUT2D eigenvalue weighted by Crippen LogP contribution is 2.24. The molecule has 1 N–H and O–H groups in total. The minimum atomic E-state index is -2.23. The van der Waals surface area contributed by atoms with Crippen LogP contribution in [0.2, 0.25) is 0 Å². The summed E-state index contributed by atoms with van der Waals surface area (Å²) in [5.41, 5.74) is -0.451. The molecule has 0 fully saturated rings. The van der Waals surface area contributed by atoms with Crippen molar-refractivity contribution in [2.45, 2.75) is 19.5 Å².